The normalized spacial score (nSPS) is 16.9. The van der Waals surface area contributed by atoms with Gasteiger partial charge in [0.25, 0.3) is 5.91 Å². The molecule has 1 saturated heterocycles. The summed E-state index contributed by atoms with van der Waals surface area (Å²) >= 11 is 3.24. The first kappa shape index (κ1) is 18.2. The van der Waals surface area contributed by atoms with E-state index in [-0.39, 0.29) is 11.3 Å². The fourth-order valence-electron chi connectivity index (χ4n) is 2.84. The van der Waals surface area contributed by atoms with E-state index < -0.39 is 0 Å². The van der Waals surface area contributed by atoms with E-state index in [2.05, 4.69) is 46.6 Å². The Balaban J connectivity index is 1.58. The molecular weight excluding hydrogens is 386 g/mol. The lowest BCUT2D eigenvalue weighted by molar-refractivity contribution is 0.0727. The van der Waals surface area contributed by atoms with Gasteiger partial charge in [-0.15, -0.1) is 0 Å². The van der Waals surface area contributed by atoms with E-state index >= 15 is 0 Å². The molecule has 3 heterocycles. The van der Waals surface area contributed by atoms with E-state index in [4.69, 9.17) is 8.83 Å². The number of halogens is 1. The first-order chi connectivity index (χ1) is 11.8. The van der Waals surface area contributed by atoms with Crippen molar-refractivity contribution in [1.82, 2.24) is 14.8 Å². The van der Waals surface area contributed by atoms with Crippen LogP contribution in [0.15, 0.2) is 31.8 Å². The smallest absolute Gasteiger partial charge is 0.289 e. The molecule has 6 nitrogen and oxygen atoms in total. The molecule has 0 saturated carbocycles. The van der Waals surface area contributed by atoms with Crippen LogP contribution in [0.1, 0.15) is 49.4 Å². The van der Waals surface area contributed by atoms with Crippen molar-refractivity contribution < 1.29 is 13.6 Å². The fraction of sp³-hybridized carbons (Fsp3) is 0.556. The molecule has 2 aromatic rings. The summed E-state index contributed by atoms with van der Waals surface area (Å²) in [4.78, 5) is 21.0. The Kier molecular flexibility index (Phi) is 5.34. The standard InChI is InChI=1S/C18H24BrN3O3/c1-18(2,3)14-11-20-16(25-14)12-21-7-4-8-22(10-9-21)17(23)13-5-6-15(19)24-13/h5-6,11H,4,7-10,12H2,1-3H3. The topological polar surface area (TPSA) is 62.7 Å². The minimum absolute atomic E-state index is 0.0371. The summed E-state index contributed by atoms with van der Waals surface area (Å²) in [6.45, 7) is 10.1. The average molecular weight is 410 g/mol. The summed E-state index contributed by atoms with van der Waals surface area (Å²) in [6, 6.07) is 3.45. The maximum Gasteiger partial charge on any atom is 0.289 e. The number of furan rings is 1. The van der Waals surface area contributed by atoms with E-state index in [1.807, 2.05) is 11.1 Å². The second-order valence-corrected chi connectivity index (χ2v) is 8.18. The highest BCUT2D eigenvalue weighted by atomic mass is 79.9. The average Bonchev–Trinajstić information content (AvgIpc) is 3.12. The monoisotopic (exact) mass is 409 g/mol. The molecular formula is C18H24BrN3O3. The van der Waals surface area contributed by atoms with Crippen LogP contribution < -0.4 is 0 Å². The second kappa shape index (κ2) is 7.33. The highest BCUT2D eigenvalue weighted by Crippen LogP contribution is 2.23. The quantitative estimate of drug-likeness (QED) is 0.773. The molecule has 0 spiro atoms. The van der Waals surface area contributed by atoms with Gasteiger partial charge in [0.2, 0.25) is 5.89 Å². The van der Waals surface area contributed by atoms with Crippen LogP contribution in [0.4, 0.5) is 0 Å². The lowest BCUT2D eigenvalue weighted by Crippen LogP contribution is -2.34. The van der Waals surface area contributed by atoms with E-state index in [0.717, 1.165) is 37.7 Å². The van der Waals surface area contributed by atoms with Crippen molar-refractivity contribution in [3.05, 3.63) is 40.4 Å². The van der Waals surface area contributed by atoms with Gasteiger partial charge in [0.1, 0.15) is 5.76 Å². The maximum absolute atomic E-state index is 12.5. The zero-order chi connectivity index (χ0) is 18.0. The highest BCUT2D eigenvalue weighted by Gasteiger charge is 2.24. The Bertz CT molecular complexity index is 732. The van der Waals surface area contributed by atoms with Gasteiger partial charge in [-0.2, -0.15) is 0 Å². The van der Waals surface area contributed by atoms with Crippen molar-refractivity contribution >= 4 is 21.8 Å². The van der Waals surface area contributed by atoms with Crippen molar-refractivity contribution in [2.45, 2.75) is 39.2 Å². The summed E-state index contributed by atoms with van der Waals surface area (Å²) in [6.07, 6.45) is 2.73. The molecule has 0 bridgehead atoms. The molecule has 3 rings (SSSR count). The van der Waals surface area contributed by atoms with Crippen LogP contribution in [0, 0.1) is 0 Å². The minimum Gasteiger partial charge on any atom is -0.444 e. The molecule has 0 aromatic carbocycles. The van der Waals surface area contributed by atoms with Gasteiger partial charge in [-0.25, -0.2) is 4.98 Å². The zero-order valence-corrected chi connectivity index (χ0v) is 16.5. The number of carbonyl (C=O) groups is 1. The third-order valence-electron chi connectivity index (χ3n) is 4.31. The van der Waals surface area contributed by atoms with Gasteiger partial charge in [-0.3, -0.25) is 9.69 Å². The summed E-state index contributed by atoms with van der Waals surface area (Å²) < 4.78 is 11.8. The summed E-state index contributed by atoms with van der Waals surface area (Å²) in [5.74, 6) is 1.96. The van der Waals surface area contributed by atoms with Crippen molar-refractivity contribution in [3.63, 3.8) is 0 Å². The predicted molar refractivity (Wildman–Crippen MR) is 97.4 cm³/mol. The molecule has 0 unspecified atom stereocenters. The third kappa shape index (κ3) is 4.52. The first-order valence-corrected chi connectivity index (χ1v) is 9.34. The first-order valence-electron chi connectivity index (χ1n) is 8.55. The minimum atomic E-state index is -0.0568. The van der Waals surface area contributed by atoms with Gasteiger partial charge in [0.15, 0.2) is 10.4 Å². The van der Waals surface area contributed by atoms with Crippen LogP contribution in [-0.2, 0) is 12.0 Å². The van der Waals surface area contributed by atoms with Gasteiger partial charge in [0.05, 0.1) is 12.7 Å². The van der Waals surface area contributed by atoms with Crippen molar-refractivity contribution in [2.24, 2.45) is 0 Å². The fourth-order valence-corrected chi connectivity index (χ4v) is 3.15. The third-order valence-corrected chi connectivity index (χ3v) is 4.74. The molecule has 1 aliphatic heterocycles. The molecule has 0 aliphatic carbocycles. The van der Waals surface area contributed by atoms with Gasteiger partial charge < -0.3 is 13.7 Å². The number of amides is 1. The molecule has 0 atom stereocenters. The number of oxazole rings is 1. The molecule has 1 aliphatic rings. The van der Waals surface area contributed by atoms with Crippen LogP contribution in [0.2, 0.25) is 0 Å². The zero-order valence-electron chi connectivity index (χ0n) is 14.9. The Morgan fingerprint density at radius 1 is 1.20 bits per heavy atom. The van der Waals surface area contributed by atoms with Crippen LogP contribution in [0.3, 0.4) is 0 Å². The summed E-state index contributed by atoms with van der Waals surface area (Å²) in [7, 11) is 0. The Morgan fingerprint density at radius 3 is 2.64 bits per heavy atom. The van der Waals surface area contributed by atoms with Gasteiger partial charge >= 0.3 is 0 Å². The van der Waals surface area contributed by atoms with Crippen LogP contribution >= 0.6 is 15.9 Å². The molecule has 1 fully saturated rings. The molecule has 136 valence electrons. The molecule has 25 heavy (non-hydrogen) atoms. The van der Waals surface area contributed by atoms with Crippen molar-refractivity contribution in [3.8, 4) is 0 Å². The molecule has 0 radical (unpaired) electrons. The van der Waals surface area contributed by atoms with Crippen molar-refractivity contribution in [1.29, 1.82) is 0 Å². The molecule has 1 amide bonds. The van der Waals surface area contributed by atoms with E-state index in [0.29, 0.717) is 23.5 Å². The maximum atomic E-state index is 12.5. The number of carbonyl (C=O) groups excluding carboxylic acids is 1. The number of aromatic nitrogens is 1. The van der Waals surface area contributed by atoms with Crippen molar-refractivity contribution in [2.75, 3.05) is 26.2 Å². The van der Waals surface area contributed by atoms with Gasteiger partial charge in [-0.05, 0) is 34.5 Å². The predicted octanol–water partition coefficient (Wildman–Crippen LogP) is 3.68. The lowest BCUT2D eigenvalue weighted by atomic mass is 9.94. The highest BCUT2D eigenvalue weighted by molar-refractivity contribution is 9.10. The largest absolute Gasteiger partial charge is 0.444 e. The molecule has 2 aromatic heterocycles. The second-order valence-electron chi connectivity index (χ2n) is 7.39. The number of nitrogens with zero attached hydrogens (tertiary/aromatic N) is 3. The van der Waals surface area contributed by atoms with Crippen LogP contribution in [0.25, 0.3) is 0 Å². The Labute approximate surface area is 156 Å². The van der Waals surface area contributed by atoms with E-state index in [1.54, 1.807) is 12.1 Å². The van der Waals surface area contributed by atoms with Gasteiger partial charge in [0, 0.05) is 31.6 Å². The Hall–Kier alpha value is -1.60. The number of rotatable bonds is 3. The number of hydrogen-bond acceptors (Lipinski definition) is 5. The van der Waals surface area contributed by atoms with Gasteiger partial charge in [-0.1, -0.05) is 20.8 Å². The molecule has 7 heteroatoms. The molecule has 0 N–H and O–H groups in total. The van der Waals surface area contributed by atoms with Crippen LogP contribution in [0.5, 0.6) is 0 Å². The van der Waals surface area contributed by atoms with E-state index in [1.165, 1.54) is 0 Å². The summed E-state index contributed by atoms with van der Waals surface area (Å²) in [5, 5.41) is 0. The lowest BCUT2D eigenvalue weighted by Gasteiger charge is -2.20. The van der Waals surface area contributed by atoms with E-state index in [9.17, 15) is 4.79 Å². The van der Waals surface area contributed by atoms with Crippen LogP contribution in [-0.4, -0.2) is 46.9 Å². The Morgan fingerprint density at radius 2 is 2.00 bits per heavy atom. The number of hydrogen-bond donors (Lipinski definition) is 0. The summed E-state index contributed by atoms with van der Waals surface area (Å²) in [5.41, 5.74) is -0.0371. The SMILES string of the molecule is CC(C)(C)c1cnc(CN2CCCN(C(=O)c3ccc(Br)o3)CC2)o1.